The van der Waals surface area contributed by atoms with Crippen LogP contribution in [-0.2, 0) is 0 Å². The van der Waals surface area contributed by atoms with E-state index in [0.29, 0.717) is 0 Å². The molecule has 1 N–H and O–H groups in total. The first-order valence-electron chi connectivity index (χ1n) is 8.06. The van der Waals surface area contributed by atoms with E-state index in [4.69, 9.17) is 4.42 Å². The molecule has 0 saturated heterocycles. The van der Waals surface area contributed by atoms with Crippen LogP contribution in [0.1, 0.15) is 22.8 Å². The summed E-state index contributed by atoms with van der Waals surface area (Å²) in [5.74, 6) is 0.729. The molecule has 0 aliphatic rings. The average molecular weight is 314 g/mol. The van der Waals surface area contributed by atoms with E-state index >= 15 is 0 Å². The lowest BCUT2D eigenvalue weighted by Crippen LogP contribution is -2.02. The third-order valence-corrected chi connectivity index (χ3v) is 4.43. The molecule has 0 bridgehead atoms. The first kappa shape index (κ1) is 14.7. The van der Waals surface area contributed by atoms with Crippen LogP contribution in [0.3, 0.4) is 0 Å². The maximum atomic E-state index is 11.1. The minimum Gasteiger partial charge on any atom is -0.456 e. The number of hydrogen-bond donors (Lipinski definition) is 1. The third-order valence-electron chi connectivity index (χ3n) is 4.43. The predicted octanol–water partition coefficient (Wildman–Crippen LogP) is 5.49. The quantitative estimate of drug-likeness (QED) is 0.542. The smallest absolute Gasteiger partial charge is 0.141 e. The number of aliphatic hydroxyl groups excluding tert-OH is 1. The largest absolute Gasteiger partial charge is 0.456 e. The number of furan rings is 1. The Balaban J connectivity index is 1.98. The van der Waals surface area contributed by atoms with Gasteiger partial charge in [0.15, 0.2) is 0 Å². The van der Waals surface area contributed by atoms with E-state index < -0.39 is 6.10 Å². The summed E-state index contributed by atoms with van der Waals surface area (Å²) in [5, 5.41) is 12.1. The first-order valence-corrected chi connectivity index (χ1v) is 8.06. The van der Waals surface area contributed by atoms with Gasteiger partial charge >= 0.3 is 0 Å². The Bertz CT molecular complexity index is 983. The fourth-order valence-electron chi connectivity index (χ4n) is 3.19. The van der Waals surface area contributed by atoms with Gasteiger partial charge in [-0.15, -0.1) is 0 Å². The highest BCUT2D eigenvalue weighted by molar-refractivity contribution is 5.89. The van der Waals surface area contributed by atoms with Crippen LogP contribution in [0.2, 0.25) is 0 Å². The fourth-order valence-corrected chi connectivity index (χ4v) is 3.19. The van der Waals surface area contributed by atoms with Crippen molar-refractivity contribution in [1.82, 2.24) is 0 Å². The summed E-state index contributed by atoms with van der Waals surface area (Å²) in [6.45, 7) is 2.02. The molecule has 4 rings (SSSR count). The first-order chi connectivity index (χ1) is 11.8. The highest BCUT2D eigenvalue weighted by atomic mass is 16.3. The Labute approximate surface area is 141 Å². The maximum absolute atomic E-state index is 11.1. The Morgan fingerprint density at radius 1 is 0.792 bits per heavy atom. The van der Waals surface area contributed by atoms with Gasteiger partial charge in [-0.25, -0.2) is 0 Å². The summed E-state index contributed by atoms with van der Waals surface area (Å²) in [4.78, 5) is 0. The summed E-state index contributed by atoms with van der Waals surface area (Å²) in [6.07, 6.45) is -0.731. The zero-order valence-corrected chi connectivity index (χ0v) is 13.4. The summed E-state index contributed by atoms with van der Waals surface area (Å²) >= 11 is 0. The molecule has 1 aromatic heterocycles. The lowest BCUT2D eigenvalue weighted by Gasteiger charge is -2.14. The van der Waals surface area contributed by atoms with Crippen LogP contribution in [0.5, 0.6) is 0 Å². The van der Waals surface area contributed by atoms with E-state index in [1.807, 2.05) is 85.8 Å². The maximum Gasteiger partial charge on any atom is 0.141 e. The van der Waals surface area contributed by atoms with Crippen LogP contribution in [0.4, 0.5) is 0 Å². The second kappa shape index (κ2) is 5.99. The second-order valence-electron chi connectivity index (χ2n) is 5.97. The number of rotatable bonds is 3. The Hall–Kier alpha value is -2.84. The van der Waals surface area contributed by atoms with Crippen LogP contribution in [0, 0.1) is 6.92 Å². The number of aliphatic hydroxyl groups is 1. The molecule has 0 fully saturated rings. The van der Waals surface area contributed by atoms with E-state index in [0.717, 1.165) is 39.0 Å². The molecule has 0 aliphatic carbocycles. The van der Waals surface area contributed by atoms with Crippen molar-refractivity contribution in [3.05, 3.63) is 95.6 Å². The van der Waals surface area contributed by atoms with E-state index in [-0.39, 0.29) is 0 Å². The molecular formula is C22H18O2. The van der Waals surface area contributed by atoms with Crippen molar-refractivity contribution in [1.29, 1.82) is 0 Å². The van der Waals surface area contributed by atoms with Gasteiger partial charge in [0.2, 0.25) is 0 Å². The summed E-state index contributed by atoms with van der Waals surface area (Å²) in [7, 11) is 0. The van der Waals surface area contributed by atoms with Crippen molar-refractivity contribution in [3.63, 3.8) is 0 Å². The average Bonchev–Trinajstić information content (AvgIpc) is 3.02. The molecule has 1 atom stereocenters. The van der Waals surface area contributed by atoms with Crippen molar-refractivity contribution < 1.29 is 9.52 Å². The molecule has 3 aromatic carbocycles. The molecule has 24 heavy (non-hydrogen) atoms. The van der Waals surface area contributed by atoms with Crippen LogP contribution < -0.4 is 0 Å². The van der Waals surface area contributed by atoms with Crippen molar-refractivity contribution in [3.8, 4) is 11.3 Å². The number of fused-ring (bicyclic) bond motifs is 1. The summed E-state index contributed by atoms with van der Waals surface area (Å²) in [6, 6.07) is 25.7. The van der Waals surface area contributed by atoms with Crippen molar-refractivity contribution >= 4 is 11.0 Å². The lowest BCUT2D eigenvalue weighted by atomic mass is 9.93. The topological polar surface area (TPSA) is 33.4 Å². The van der Waals surface area contributed by atoms with Crippen molar-refractivity contribution in [2.45, 2.75) is 13.0 Å². The van der Waals surface area contributed by atoms with Gasteiger partial charge < -0.3 is 9.52 Å². The van der Waals surface area contributed by atoms with E-state index in [1.54, 1.807) is 0 Å². The fraction of sp³-hybridized carbons (Fsp3) is 0.0909. The molecule has 1 unspecified atom stereocenters. The van der Waals surface area contributed by atoms with Gasteiger partial charge in [-0.1, -0.05) is 72.8 Å². The van der Waals surface area contributed by atoms with Crippen LogP contribution >= 0.6 is 0 Å². The SMILES string of the molecule is Cc1ccccc1C(O)c1c(-c2ccccc2)oc2ccccc12. The number of aryl methyl sites for hydroxylation is 1. The Kier molecular flexibility index (Phi) is 3.68. The van der Waals surface area contributed by atoms with E-state index in [9.17, 15) is 5.11 Å². The third kappa shape index (κ3) is 2.41. The van der Waals surface area contributed by atoms with Gasteiger partial charge in [0.05, 0.1) is 0 Å². The van der Waals surface area contributed by atoms with Gasteiger partial charge in [-0.3, -0.25) is 0 Å². The zero-order valence-electron chi connectivity index (χ0n) is 13.4. The van der Waals surface area contributed by atoms with Crippen LogP contribution in [0.25, 0.3) is 22.3 Å². The van der Waals surface area contributed by atoms with Crippen LogP contribution in [0.15, 0.2) is 83.3 Å². The highest BCUT2D eigenvalue weighted by Crippen LogP contribution is 2.40. The van der Waals surface area contributed by atoms with Gasteiger partial charge in [-0.2, -0.15) is 0 Å². The lowest BCUT2D eigenvalue weighted by molar-refractivity contribution is 0.220. The molecular weight excluding hydrogens is 296 g/mol. The number of para-hydroxylation sites is 1. The molecule has 118 valence electrons. The molecule has 0 amide bonds. The Morgan fingerprint density at radius 2 is 1.46 bits per heavy atom. The van der Waals surface area contributed by atoms with Gasteiger partial charge in [0.25, 0.3) is 0 Å². The normalized spacial score (nSPS) is 12.4. The number of benzene rings is 3. The molecule has 0 saturated carbocycles. The monoisotopic (exact) mass is 314 g/mol. The summed E-state index contributed by atoms with van der Waals surface area (Å²) < 4.78 is 6.11. The second-order valence-corrected chi connectivity index (χ2v) is 5.97. The molecule has 2 heteroatoms. The van der Waals surface area contributed by atoms with Gasteiger partial charge in [0, 0.05) is 16.5 Å². The van der Waals surface area contributed by atoms with Crippen molar-refractivity contribution in [2.24, 2.45) is 0 Å². The van der Waals surface area contributed by atoms with Gasteiger partial charge in [0.1, 0.15) is 17.4 Å². The minimum absolute atomic E-state index is 0.729. The van der Waals surface area contributed by atoms with Crippen LogP contribution in [-0.4, -0.2) is 5.11 Å². The highest BCUT2D eigenvalue weighted by Gasteiger charge is 2.24. The molecule has 0 aliphatic heterocycles. The summed E-state index contributed by atoms with van der Waals surface area (Å²) in [5.41, 5.74) is 4.55. The van der Waals surface area contributed by atoms with Crippen molar-refractivity contribution in [2.75, 3.05) is 0 Å². The molecule has 0 spiro atoms. The van der Waals surface area contributed by atoms with E-state index in [2.05, 4.69) is 0 Å². The zero-order chi connectivity index (χ0) is 16.5. The van der Waals surface area contributed by atoms with E-state index in [1.165, 1.54) is 0 Å². The minimum atomic E-state index is -0.731. The number of hydrogen-bond acceptors (Lipinski definition) is 2. The molecule has 1 heterocycles. The van der Waals surface area contributed by atoms with Gasteiger partial charge in [-0.05, 0) is 24.1 Å². The standard InChI is InChI=1S/C22H18O2/c1-15-9-5-6-12-17(15)21(23)20-18-13-7-8-14-19(18)24-22(20)16-10-3-2-4-11-16/h2-14,21,23H,1H3. The molecule has 2 nitrogen and oxygen atoms in total. The molecule has 0 radical (unpaired) electrons. The predicted molar refractivity (Wildman–Crippen MR) is 96.9 cm³/mol. The Morgan fingerprint density at radius 3 is 2.25 bits per heavy atom. The molecule has 4 aromatic rings.